The van der Waals surface area contributed by atoms with Crippen molar-refractivity contribution in [2.24, 2.45) is 5.84 Å². The number of nitrogen functional groups attached to an aromatic ring is 1. The van der Waals surface area contributed by atoms with Crippen LogP contribution in [0.1, 0.15) is 32.3 Å². The lowest BCUT2D eigenvalue weighted by atomic mass is 10.2. The molecule has 6 heteroatoms. The molecular weight excluding hydrogens is 218 g/mol. The molecule has 0 aliphatic rings. The minimum absolute atomic E-state index is 0.353. The van der Waals surface area contributed by atoms with E-state index in [9.17, 15) is 5.11 Å². The molecule has 1 aromatic rings. The maximum atomic E-state index is 9.65. The van der Waals surface area contributed by atoms with Crippen molar-refractivity contribution in [3.05, 3.63) is 11.9 Å². The van der Waals surface area contributed by atoms with Gasteiger partial charge in [0.05, 0.1) is 6.10 Å². The Morgan fingerprint density at radius 1 is 1.35 bits per heavy atom. The number of aliphatic hydroxyl groups is 1. The van der Waals surface area contributed by atoms with Crippen LogP contribution in [-0.4, -0.2) is 27.7 Å². The molecule has 1 atom stereocenters. The fourth-order valence-corrected chi connectivity index (χ4v) is 1.67. The van der Waals surface area contributed by atoms with Crippen LogP contribution < -0.4 is 16.6 Å². The molecule has 0 spiro atoms. The largest absolute Gasteiger partial charge is 0.391 e. The molecule has 96 valence electrons. The second-order valence-corrected chi connectivity index (χ2v) is 3.87. The Hall–Kier alpha value is -1.40. The quantitative estimate of drug-likeness (QED) is 0.417. The third kappa shape index (κ3) is 3.83. The van der Waals surface area contributed by atoms with Gasteiger partial charge in [-0.25, -0.2) is 15.8 Å². The first-order chi connectivity index (χ1) is 8.22. The molecule has 0 bridgehead atoms. The van der Waals surface area contributed by atoms with Crippen molar-refractivity contribution in [3.8, 4) is 0 Å². The van der Waals surface area contributed by atoms with Crippen LogP contribution in [0.2, 0.25) is 0 Å². The number of hydrogen-bond donors (Lipinski definition) is 4. The van der Waals surface area contributed by atoms with E-state index in [1.54, 1.807) is 0 Å². The van der Waals surface area contributed by atoms with Crippen LogP contribution in [0.4, 0.5) is 11.6 Å². The second-order valence-electron chi connectivity index (χ2n) is 3.87. The molecule has 0 amide bonds. The van der Waals surface area contributed by atoms with Crippen LogP contribution >= 0.6 is 0 Å². The molecule has 1 heterocycles. The minimum atomic E-state index is -0.353. The van der Waals surface area contributed by atoms with Gasteiger partial charge in [0, 0.05) is 12.1 Å². The van der Waals surface area contributed by atoms with Crippen molar-refractivity contribution in [1.29, 1.82) is 0 Å². The van der Waals surface area contributed by atoms with Gasteiger partial charge in [-0.15, -0.1) is 0 Å². The Bertz CT molecular complexity index is 345. The van der Waals surface area contributed by atoms with Gasteiger partial charge in [-0.2, -0.15) is 0 Å². The second kappa shape index (κ2) is 7.03. The number of nitrogens with one attached hydrogen (secondary N) is 2. The summed E-state index contributed by atoms with van der Waals surface area (Å²) in [6, 6.07) is 0. The minimum Gasteiger partial charge on any atom is -0.391 e. The number of aromatic nitrogens is 2. The first kappa shape index (κ1) is 13.7. The maximum absolute atomic E-state index is 9.65. The normalized spacial score (nSPS) is 12.2. The monoisotopic (exact) mass is 239 g/mol. The lowest BCUT2D eigenvalue weighted by Gasteiger charge is -2.15. The number of anilines is 2. The predicted molar refractivity (Wildman–Crippen MR) is 68.6 cm³/mol. The van der Waals surface area contributed by atoms with E-state index in [1.807, 2.05) is 13.8 Å². The maximum Gasteiger partial charge on any atom is 0.148 e. The Kier molecular flexibility index (Phi) is 5.65. The summed E-state index contributed by atoms with van der Waals surface area (Å²) >= 11 is 0. The fourth-order valence-electron chi connectivity index (χ4n) is 1.67. The number of nitrogens with two attached hydrogens (primary N) is 1. The number of aliphatic hydroxyl groups excluding tert-OH is 1. The van der Waals surface area contributed by atoms with Crippen LogP contribution in [0.25, 0.3) is 0 Å². The summed E-state index contributed by atoms with van der Waals surface area (Å²) in [5.74, 6) is 6.73. The Balaban J connectivity index is 2.70. The molecule has 0 saturated carbocycles. The molecule has 0 radical (unpaired) electrons. The first-order valence-corrected chi connectivity index (χ1v) is 5.95. The van der Waals surface area contributed by atoms with Gasteiger partial charge >= 0.3 is 0 Å². The molecule has 1 unspecified atom stereocenters. The highest BCUT2D eigenvalue weighted by molar-refractivity contribution is 5.56. The summed E-state index contributed by atoms with van der Waals surface area (Å²) in [6.45, 7) is 4.54. The van der Waals surface area contributed by atoms with Crippen molar-refractivity contribution in [1.82, 2.24) is 9.97 Å². The third-order valence-corrected chi connectivity index (χ3v) is 2.56. The number of nitrogens with zero attached hydrogens (tertiary/aromatic N) is 2. The van der Waals surface area contributed by atoms with E-state index in [4.69, 9.17) is 5.84 Å². The van der Waals surface area contributed by atoms with Crippen molar-refractivity contribution in [2.45, 2.75) is 39.2 Å². The molecule has 0 aromatic carbocycles. The van der Waals surface area contributed by atoms with Gasteiger partial charge in [-0.3, -0.25) is 0 Å². The lowest BCUT2D eigenvalue weighted by molar-refractivity contribution is 0.176. The Morgan fingerprint density at radius 2 is 2.06 bits per heavy atom. The van der Waals surface area contributed by atoms with Crippen molar-refractivity contribution < 1.29 is 5.11 Å². The van der Waals surface area contributed by atoms with Gasteiger partial charge in [0.15, 0.2) is 0 Å². The molecule has 0 saturated heterocycles. The van der Waals surface area contributed by atoms with E-state index in [0.29, 0.717) is 12.4 Å². The van der Waals surface area contributed by atoms with Crippen molar-refractivity contribution >= 4 is 11.6 Å². The third-order valence-electron chi connectivity index (χ3n) is 2.56. The lowest BCUT2D eigenvalue weighted by Crippen LogP contribution is -2.21. The van der Waals surface area contributed by atoms with E-state index in [0.717, 1.165) is 30.6 Å². The molecule has 5 N–H and O–H groups in total. The summed E-state index contributed by atoms with van der Waals surface area (Å²) in [6.07, 6.45) is 3.61. The van der Waals surface area contributed by atoms with Gasteiger partial charge in [-0.1, -0.05) is 20.3 Å². The highest BCUT2D eigenvalue weighted by Gasteiger charge is 2.10. The van der Waals surface area contributed by atoms with Crippen LogP contribution in [0.15, 0.2) is 6.33 Å². The topological polar surface area (TPSA) is 96.1 Å². The van der Waals surface area contributed by atoms with E-state index in [-0.39, 0.29) is 6.10 Å². The summed E-state index contributed by atoms with van der Waals surface area (Å²) in [5.41, 5.74) is 3.48. The molecule has 6 nitrogen and oxygen atoms in total. The molecule has 1 rings (SSSR count). The zero-order valence-corrected chi connectivity index (χ0v) is 10.4. The van der Waals surface area contributed by atoms with Gasteiger partial charge < -0.3 is 15.8 Å². The van der Waals surface area contributed by atoms with Crippen LogP contribution in [0, 0.1) is 0 Å². The summed E-state index contributed by atoms with van der Waals surface area (Å²) in [5, 5.41) is 12.8. The van der Waals surface area contributed by atoms with Crippen LogP contribution in [0.5, 0.6) is 0 Å². The highest BCUT2D eigenvalue weighted by atomic mass is 16.3. The van der Waals surface area contributed by atoms with Crippen LogP contribution in [-0.2, 0) is 6.42 Å². The number of hydrazine groups is 1. The fraction of sp³-hybridized carbons (Fsp3) is 0.636. The predicted octanol–water partition coefficient (Wildman–Crippen LogP) is 0.897. The first-order valence-electron chi connectivity index (χ1n) is 5.95. The van der Waals surface area contributed by atoms with Gasteiger partial charge in [0.1, 0.15) is 18.0 Å². The van der Waals surface area contributed by atoms with Crippen molar-refractivity contribution in [3.63, 3.8) is 0 Å². The smallest absolute Gasteiger partial charge is 0.148 e. The SMILES string of the molecule is CCCC(O)CNc1ncnc(NN)c1CC. The number of hydrogen-bond acceptors (Lipinski definition) is 6. The zero-order valence-electron chi connectivity index (χ0n) is 10.4. The van der Waals surface area contributed by atoms with E-state index >= 15 is 0 Å². The van der Waals surface area contributed by atoms with E-state index in [1.165, 1.54) is 6.33 Å². The Morgan fingerprint density at radius 3 is 2.65 bits per heavy atom. The van der Waals surface area contributed by atoms with E-state index < -0.39 is 0 Å². The highest BCUT2D eigenvalue weighted by Crippen LogP contribution is 2.19. The molecule has 0 fully saturated rings. The van der Waals surface area contributed by atoms with Gasteiger partial charge in [0.25, 0.3) is 0 Å². The molecule has 17 heavy (non-hydrogen) atoms. The molecule has 0 aliphatic carbocycles. The summed E-state index contributed by atoms with van der Waals surface area (Å²) in [7, 11) is 0. The average Bonchev–Trinajstić information content (AvgIpc) is 2.36. The molecule has 1 aromatic heterocycles. The van der Waals surface area contributed by atoms with Crippen molar-refractivity contribution in [2.75, 3.05) is 17.3 Å². The summed E-state index contributed by atoms with van der Waals surface area (Å²) in [4.78, 5) is 8.20. The summed E-state index contributed by atoms with van der Waals surface area (Å²) < 4.78 is 0. The average molecular weight is 239 g/mol. The Labute approximate surface area is 102 Å². The van der Waals surface area contributed by atoms with Gasteiger partial charge in [-0.05, 0) is 12.8 Å². The van der Waals surface area contributed by atoms with Gasteiger partial charge in [0.2, 0.25) is 0 Å². The zero-order chi connectivity index (χ0) is 12.7. The number of rotatable bonds is 7. The van der Waals surface area contributed by atoms with Crippen LogP contribution in [0.3, 0.4) is 0 Å². The molecule has 0 aliphatic heterocycles. The van der Waals surface area contributed by atoms with E-state index in [2.05, 4.69) is 20.7 Å². The standard InChI is InChI=1S/C11H21N5O/c1-3-5-8(17)6-13-10-9(4-2)11(16-12)15-7-14-10/h7-8,17H,3-6,12H2,1-2H3,(H2,13,14,15,16). The molecular formula is C11H21N5O.